The molecular formula is C20H25N7O5. The molecule has 0 aliphatic carbocycles. The van der Waals surface area contributed by atoms with Crippen molar-refractivity contribution in [3.8, 4) is 11.8 Å². The van der Waals surface area contributed by atoms with Crippen molar-refractivity contribution in [1.29, 1.82) is 0 Å². The number of rotatable bonds is 6. The van der Waals surface area contributed by atoms with Crippen molar-refractivity contribution in [3.05, 3.63) is 33.8 Å². The van der Waals surface area contributed by atoms with Gasteiger partial charge in [0.2, 0.25) is 11.7 Å². The summed E-state index contributed by atoms with van der Waals surface area (Å²) in [4.78, 5) is 37.1. The molecule has 3 rings (SSSR count). The number of esters is 1. The summed E-state index contributed by atoms with van der Waals surface area (Å²) in [6.07, 6.45) is 1.13. The molecule has 0 aromatic carbocycles. The molecule has 0 aliphatic heterocycles. The van der Waals surface area contributed by atoms with Gasteiger partial charge in [0.25, 0.3) is 0 Å². The zero-order chi connectivity index (χ0) is 23.8. The highest BCUT2D eigenvalue weighted by Gasteiger charge is 2.30. The van der Waals surface area contributed by atoms with Gasteiger partial charge < -0.3 is 14.4 Å². The highest BCUT2D eigenvalue weighted by atomic mass is 16.6. The van der Waals surface area contributed by atoms with E-state index in [4.69, 9.17) is 9.47 Å². The van der Waals surface area contributed by atoms with Crippen LogP contribution in [-0.2, 0) is 16.6 Å². The maximum atomic E-state index is 12.2. The van der Waals surface area contributed by atoms with Gasteiger partial charge in [-0.15, -0.1) is 5.10 Å². The molecule has 0 amide bonds. The second-order valence-corrected chi connectivity index (χ2v) is 8.36. The van der Waals surface area contributed by atoms with Gasteiger partial charge in [-0.05, 0) is 46.2 Å². The summed E-state index contributed by atoms with van der Waals surface area (Å²) >= 11 is 0. The second kappa shape index (κ2) is 8.36. The summed E-state index contributed by atoms with van der Waals surface area (Å²) in [5, 5.41) is 16.8. The number of aromatic nitrogens is 5. The quantitative estimate of drug-likeness (QED) is 0.317. The molecule has 0 radical (unpaired) electrons. The van der Waals surface area contributed by atoms with Crippen LogP contribution in [0.5, 0.6) is 11.8 Å². The monoisotopic (exact) mass is 443 g/mol. The lowest BCUT2D eigenvalue weighted by molar-refractivity contribution is -0.385. The Labute approximate surface area is 184 Å². The van der Waals surface area contributed by atoms with Crippen molar-refractivity contribution in [1.82, 2.24) is 24.7 Å². The molecule has 12 heteroatoms. The van der Waals surface area contributed by atoms with Gasteiger partial charge in [0, 0.05) is 19.8 Å². The van der Waals surface area contributed by atoms with Crippen molar-refractivity contribution in [3.63, 3.8) is 0 Å². The topological polar surface area (TPSA) is 138 Å². The van der Waals surface area contributed by atoms with Crippen LogP contribution >= 0.6 is 0 Å². The molecule has 0 atom stereocenters. The van der Waals surface area contributed by atoms with Gasteiger partial charge in [-0.3, -0.25) is 14.9 Å². The number of nitro groups is 1. The maximum Gasteiger partial charge on any atom is 0.373 e. The lowest BCUT2D eigenvalue weighted by atomic mass is 10.2. The molecule has 32 heavy (non-hydrogen) atoms. The van der Waals surface area contributed by atoms with Crippen LogP contribution < -0.4 is 9.64 Å². The molecule has 0 aliphatic rings. The van der Waals surface area contributed by atoms with Gasteiger partial charge in [0.05, 0.1) is 10.3 Å². The van der Waals surface area contributed by atoms with E-state index >= 15 is 0 Å². The number of pyridine rings is 1. The van der Waals surface area contributed by atoms with E-state index in [1.807, 2.05) is 19.9 Å². The van der Waals surface area contributed by atoms with E-state index < -0.39 is 22.2 Å². The van der Waals surface area contributed by atoms with E-state index in [2.05, 4.69) is 20.1 Å². The number of hydrogen-bond donors (Lipinski definition) is 0. The fourth-order valence-corrected chi connectivity index (χ4v) is 3.22. The zero-order valence-electron chi connectivity index (χ0n) is 19.0. The maximum absolute atomic E-state index is 12.2. The molecule has 3 heterocycles. The minimum atomic E-state index is -0.686. The van der Waals surface area contributed by atoms with Crippen molar-refractivity contribution in [2.75, 3.05) is 18.5 Å². The fraction of sp³-hybridized carbons (Fsp3) is 0.450. The van der Waals surface area contributed by atoms with E-state index in [0.717, 1.165) is 17.6 Å². The lowest BCUT2D eigenvalue weighted by Crippen LogP contribution is -2.33. The zero-order valence-corrected chi connectivity index (χ0v) is 19.0. The minimum absolute atomic E-state index is 0.0863. The average molecular weight is 443 g/mol. The van der Waals surface area contributed by atoms with Crippen LogP contribution in [0.2, 0.25) is 0 Å². The molecule has 0 bridgehead atoms. The number of anilines is 1. The van der Waals surface area contributed by atoms with E-state index in [-0.39, 0.29) is 24.1 Å². The average Bonchev–Trinajstić information content (AvgIpc) is 2.95. The van der Waals surface area contributed by atoms with Crippen molar-refractivity contribution < 1.29 is 19.2 Å². The first-order valence-corrected chi connectivity index (χ1v) is 9.78. The van der Waals surface area contributed by atoms with Gasteiger partial charge in [-0.1, -0.05) is 0 Å². The minimum Gasteiger partial charge on any atom is -0.459 e. The van der Waals surface area contributed by atoms with Gasteiger partial charge in [0.1, 0.15) is 18.5 Å². The van der Waals surface area contributed by atoms with Crippen LogP contribution in [0.1, 0.15) is 32.0 Å². The van der Waals surface area contributed by atoms with Gasteiger partial charge in [0.15, 0.2) is 5.65 Å². The Kier molecular flexibility index (Phi) is 5.97. The number of fused-ring (bicyclic) bond motifs is 1. The predicted molar refractivity (Wildman–Crippen MR) is 116 cm³/mol. The van der Waals surface area contributed by atoms with Crippen LogP contribution in [0.15, 0.2) is 12.4 Å². The van der Waals surface area contributed by atoms with Crippen molar-refractivity contribution >= 4 is 28.5 Å². The highest BCUT2D eigenvalue weighted by molar-refractivity contribution is 5.85. The third-order valence-electron chi connectivity index (χ3n) is 4.38. The molecule has 0 fully saturated rings. The lowest BCUT2D eigenvalue weighted by Gasteiger charge is -2.22. The third-order valence-corrected chi connectivity index (χ3v) is 4.38. The number of nitrogens with zero attached hydrogens (tertiary/aromatic N) is 7. The van der Waals surface area contributed by atoms with E-state index in [1.165, 1.54) is 16.6 Å². The Morgan fingerprint density at radius 1 is 1.25 bits per heavy atom. The first-order valence-electron chi connectivity index (χ1n) is 9.78. The summed E-state index contributed by atoms with van der Waals surface area (Å²) < 4.78 is 12.6. The molecule has 0 spiro atoms. The molecule has 3 aromatic heterocycles. The van der Waals surface area contributed by atoms with Crippen LogP contribution in [-0.4, -0.2) is 54.8 Å². The molecule has 0 saturated carbocycles. The molecule has 0 unspecified atom stereocenters. The van der Waals surface area contributed by atoms with Gasteiger partial charge in [-0.25, -0.2) is 14.6 Å². The molecule has 0 saturated heterocycles. The first-order chi connectivity index (χ1) is 14.9. The van der Waals surface area contributed by atoms with Crippen molar-refractivity contribution in [2.45, 2.75) is 40.2 Å². The number of likely N-dealkylation sites (N-methyl/N-ethyl adjacent to an activating group) is 1. The standard InChI is InChI=1S/C20H25N7O5/c1-11-8-12(2)23-16-14(11)18(24-26(16)7)31-19-15(27(29)30)17(21-10-22-19)25(6)9-13(28)32-20(3,4)5/h8,10H,9H2,1-7H3. The SMILES string of the molecule is Cc1cc(C)c2c(Oc3ncnc(N(C)CC(=O)OC(C)(C)C)c3[N+](=O)[O-])nn(C)c2n1. The summed E-state index contributed by atoms with van der Waals surface area (Å²) in [5.74, 6) is -0.800. The van der Waals surface area contributed by atoms with Crippen LogP contribution in [0.3, 0.4) is 0 Å². The Bertz CT molecular complexity index is 1200. The number of hydrogen-bond acceptors (Lipinski definition) is 10. The van der Waals surface area contributed by atoms with Crippen LogP contribution in [0.4, 0.5) is 11.5 Å². The summed E-state index contributed by atoms with van der Waals surface area (Å²) in [6.45, 7) is 8.70. The second-order valence-electron chi connectivity index (χ2n) is 8.36. The number of aryl methyl sites for hydroxylation is 3. The normalized spacial score (nSPS) is 11.5. The van der Waals surface area contributed by atoms with Gasteiger partial charge in [-0.2, -0.15) is 4.98 Å². The summed E-state index contributed by atoms with van der Waals surface area (Å²) in [5.41, 5.74) is 1.07. The molecule has 12 nitrogen and oxygen atoms in total. The number of carbonyl (C=O) groups is 1. The summed E-state index contributed by atoms with van der Waals surface area (Å²) in [7, 11) is 3.20. The predicted octanol–water partition coefficient (Wildman–Crippen LogP) is 2.85. The molecular weight excluding hydrogens is 418 g/mol. The highest BCUT2D eigenvalue weighted by Crippen LogP contribution is 2.37. The largest absolute Gasteiger partial charge is 0.459 e. The van der Waals surface area contributed by atoms with Crippen molar-refractivity contribution in [2.24, 2.45) is 7.05 Å². The molecule has 170 valence electrons. The third kappa shape index (κ3) is 4.74. The van der Waals surface area contributed by atoms with Gasteiger partial charge >= 0.3 is 17.5 Å². The Morgan fingerprint density at radius 3 is 2.56 bits per heavy atom. The first kappa shape index (κ1) is 22.8. The summed E-state index contributed by atoms with van der Waals surface area (Å²) in [6, 6.07) is 1.87. The van der Waals surface area contributed by atoms with Crippen LogP contribution in [0.25, 0.3) is 11.0 Å². The molecule has 3 aromatic rings. The number of carbonyl (C=O) groups excluding carboxylic acids is 1. The number of ether oxygens (including phenoxy) is 2. The van der Waals surface area contributed by atoms with E-state index in [9.17, 15) is 14.9 Å². The van der Waals surface area contributed by atoms with E-state index in [1.54, 1.807) is 27.8 Å². The molecule has 0 N–H and O–H groups in total. The fourth-order valence-electron chi connectivity index (χ4n) is 3.22. The smallest absolute Gasteiger partial charge is 0.373 e. The Morgan fingerprint density at radius 2 is 1.94 bits per heavy atom. The Balaban J connectivity index is 2.00. The Hall–Kier alpha value is -3.83. The van der Waals surface area contributed by atoms with Crippen LogP contribution in [0, 0.1) is 24.0 Å². The van der Waals surface area contributed by atoms with E-state index in [0.29, 0.717) is 11.0 Å².